The van der Waals surface area contributed by atoms with E-state index in [0.29, 0.717) is 17.0 Å². The smallest absolute Gasteiger partial charge is 0.291 e. The lowest BCUT2D eigenvalue weighted by molar-refractivity contribution is 0.0992. The SMILES string of the molecule is CC(C)(C)c1ccc(OCc2ccc(C(=O)Nc3cnn(Cc4ccccc4F)c3)o2)cc1. The molecule has 0 radical (unpaired) electrons. The zero-order valence-electron chi connectivity index (χ0n) is 18.8. The number of anilines is 1. The predicted molar refractivity (Wildman–Crippen MR) is 124 cm³/mol. The van der Waals surface area contributed by atoms with E-state index in [2.05, 4.69) is 31.2 Å². The van der Waals surface area contributed by atoms with Crippen molar-refractivity contribution in [1.82, 2.24) is 9.78 Å². The van der Waals surface area contributed by atoms with Crippen LogP contribution in [-0.4, -0.2) is 15.7 Å². The monoisotopic (exact) mass is 447 g/mol. The number of aromatic nitrogens is 2. The van der Waals surface area contributed by atoms with Gasteiger partial charge in [-0.3, -0.25) is 9.48 Å². The van der Waals surface area contributed by atoms with Crippen LogP contribution in [0.4, 0.5) is 10.1 Å². The van der Waals surface area contributed by atoms with Crippen LogP contribution in [0.5, 0.6) is 5.75 Å². The number of nitrogens with zero attached hydrogens (tertiary/aromatic N) is 2. The molecule has 0 aliphatic rings. The van der Waals surface area contributed by atoms with Gasteiger partial charge in [0.25, 0.3) is 5.91 Å². The van der Waals surface area contributed by atoms with E-state index >= 15 is 0 Å². The minimum atomic E-state index is -0.402. The Kier molecular flexibility index (Phi) is 6.31. The van der Waals surface area contributed by atoms with E-state index in [4.69, 9.17) is 9.15 Å². The van der Waals surface area contributed by atoms with Gasteiger partial charge in [0.1, 0.15) is 23.9 Å². The van der Waals surface area contributed by atoms with Crippen molar-refractivity contribution in [3.8, 4) is 5.75 Å². The van der Waals surface area contributed by atoms with E-state index in [0.717, 1.165) is 5.75 Å². The van der Waals surface area contributed by atoms with Crippen molar-refractivity contribution in [3.63, 3.8) is 0 Å². The van der Waals surface area contributed by atoms with Crippen molar-refractivity contribution in [3.05, 3.63) is 102 Å². The zero-order valence-corrected chi connectivity index (χ0v) is 18.8. The second kappa shape index (κ2) is 9.32. The number of furan rings is 1. The molecule has 0 aliphatic heterocycles. The lowest BCUT2D eigenvalue weighted by Crippen LogP contribution is -2.10. The summed E-state index contributed by atoms with van der Waals surface area (Å²) in [6, 6.07) is 17.8. The number of halogens is 1. The molecule has 0 atom stereocenters. The highest BCUT2D eigenvalue weighted by molar-refractivity contribution is 6.02. The molecule has 0 bridgehead atoms. The molecule has 0 fully saturated rings. The third-order valence-corrected chi connectivity index (χ3v) is 5.17. The molecule has 2 heterocycles. The summed E-state index contributed by atoms with van der Waals surface area (Å²) >= 11 is 0. The fourth-order valence-electron chi connectivity index (χ4n) is 3.29. The van der Waals surface area contributed by atoms with Gasteiger partial charge in [0, 0.05) is 11.8 Å². The van der Waals surface area contributed by atoms with Crippen molar-refractivity contribution >= 4 is 11.6 Å². The Balaban J connectivity index is 1.32. The molecule has 6 nitrogen and oxygen atoms in total. The number of carbonyl (C=O) groups excluding carboxylic acids is 1. The van der Waals surface area contributed by atoms with E-state index < -0.39 is 5.91 Å². The minimum absolute atomic E-state index is 0.0794. The van der Waals surface area contributed by atoms with Crippen molar-refractivity contribution in [2.75, 3.05) is 5.32 Å². The lowest BCUT2D eigenvalue weighted by atomic mass is 9.87. The van der Waals surface area contributed by atoms with Crippen LogP contribution in [0.2, 0.25) is 0 Å². The summed E-state index contributed by atoms with van der Waals surface area (Å²) in [6.07, 6.45) is 3.14. The Bertz CT molecular complexity index is 1240. The minimum Gasteiger partial charge on any atom is -0.486 e. The fraction of sp³-hybridized carbons (Fsp3) is 0.231. The number of ether oxygens (including phenoxy) is 1. The van der Waals surface area contributed by atoms with E-state index in [1.807, 2.05) is 24.3 Å². The molecule has 0 aliphatic carbocycles. The van der Waals surface area contributed by atoms with Gasteiger partial charge in [-0.25, -0.2) is 4.39 Å². The average Bonchev–Trinajstić information content (AvgIpc) is 3.43. The van der Waals surface area contributed by atoms with Crippen LogP contribution >= 0.6 is 0 Å². The van der Waals surface area contributed by atoms with Crippen LogP contribution in [0, 0.1) is 5.82 Å². The number of amides is 1. The van der Waals surface area contributed by atoms with Gasteiger partial charge in [-0.15, -0.1) is 0 Å². The maximum absolute atomic E-state index is 13.8. The molecular weight excluding hydrogens is 421 g/mol. The highest BCUT2D eigenvalue weighted by atomic mass is 19.1. The third kappa shape index (κ3) is 5.68. The second-order valence-electron chi connectivity index (χ2n) is 8.80. The fourth-order valence-corrected chi connectivity index (χ4v) is 3.29. The third-order valence-electron chi connectivity index (χ3n) is 5.17. The van der Waals surface area contributed by atoms with Gasteiger partial charge in [0.05, 0.1) is 18.4 Å². The maximum Gasteiger partial charge on any atom is 0.291 e. The summed E-state index contributed by atoms with van der Waals surface area (Å²) in [5, 5.41) is 6.91. The van der Waals surface area contributed by atoms with Crippen LogP contribution in [0.3, 0.4) is 0 Å². The molecule has 0 unspecified atom stereocenters. The van der Waals surface area contributed by atoms with Crippen molar-refractivity contribution < 1.29 is 18.3 Å². The summed E-state index contributed by atoms with van der Waals surface area (Å²) in [7, 11) is 0. The summed E-state index contributed by atoms with van der Waals surface area (Å²) in [5.74, 6) is 0.733. The van der Waals surface area contributed by atoms with Crippen LogP contribution in [0.15, 0.2) is 77.5 Å². The molecule has 2 aromatic heterocycles. The highest BCUT2D eigenvalue weighted by Gasteiger charge is 2.15. The van der Waals surface area contributed by atoms with E-state index in [9.17, 15) is 9.18 Å². The summed E-state index contributed by atoms with van der Waals surface area (Å²) in [5.41, 5.74) is 2.31. The first-order chi connectivity index (χ1) is 15.8. The number of hydrogen-bond acceptors (Lipinski definition) is 4. The van der Waals surface area contributed by atoms with Crippen molar-refractivity contribution in [2.24, 2.45) is 0 Å². The second-order valence-corrected chi connectivity index (χ2v) is 8.80. The van der Waals surface area contributed by atoms with Crippen LogP contribution < -0.4 is 10.1 Å². The van der Waals surface area contributed by atoms with Crippen molar-refractivity contribution in [2.45, 2.75) is 39.3 Å². The molecule has 0 spiro atoms. The maximum atomic E-state index is 13.8. The van der Waals surface area contributed by atoms with Gasteiger partial charge in [-0.1, -0.05) is 51.1 Å². The molecular formula is C26H26FN3O3. The zero-order chi connectivity index (χ0) is 23.4. The van der Waals surface area contributed by atoms with E-state index in [1.54, 1.807) is 41.2 Å². The van der Waals surface area contributed by atoms with Gasteiger partial charge in [0.2, 0.25) is 0 Å². The summed E-state index contributed by atoms with van der Waals surface area (Å²) in [4.78, 5) is 12.5. The largest absolute Gasteiger partial charge is 0.486 e. The Morgan fingerprint density at radius 3 is 2.58 bits per heavy atom. The Morgan fingerprint density at radius 1 is 1.09 bits per heavy atom. The molecule has 33 heavy (non-hydrogen) atoms. The predicted octanol–water partition coefficient (Wildman–Crippen LogP) is 5.79. The molecule has 170 valence electrons. The van der Waals surface area contributed by atoms with E-state index in [-0.39, 0.29) is 30.1 Å². The standard InChI is InChI=1S/C26H26FN3O3/c1-26(2,3)19-8-10-21(11-9-19)32-17-22-12-13-24(33-22)25(31)29-20-14-28-30(16-20)15-18-6-4-5-7-23(18)27/h4-14,16H,15,17H2,1-3H3,(H,29,31). The summed E-state index contributed by atoms with van der Waals surface area (Å²) < 4.78 is 26.8. The van der Waals surface area contributed by atoms with Gasteiger partial charge >= 0.3 is 0 Å². The first kappa shape index (κ1) is 22.3. The van der Waals surface area contributed by atoms with Gasteiger partial charge in [-0.2, -0.15) is 5.10 Å². The normalized spacial score (nSPS) is 11.4. The topological polar surface area (TPSA) is 69.3 Å². The Morgan fingerprint density at radius 2 is 1.85 bits per heavy atom. The lowest BCUT2D eigenvalue weighted by Gasteiger charge is -2.19. The molecule has 2 aromatic carbocycles. The molecule has 4 rings (SSSR count). The highest BCUT2D eigenvalue weighted by Crippen LogP contribution is 2.25. The summed E-state index contributed by atoms with van der Waals surface area (Å²) in [6.45, 7) is 6.95. The van der Waals surface area contributed by atoms with Crippen LogP contribution in [-0.2, 0) is 18.6 Å². The first-order valence-corrected chi connectivity index (χ1v) is 10.7. The molecule has 0 saturated carbocycles. The van der Waals surface area contributed by atoms with Crippen molar-refractivity contribution in [1.29, 1.82) is 0 Å². The number of benzene rings is 2. The molecule has 1 amide bonds. The molecule has 1 N–H and O–H groups in total. The van der Waals surface area contributed by atoms with Crippen LogP contribution in [0.1, 0.15) is 48.2 Å². The Hall–Kier alpha value is -3.87. The number of carbonyl (C=O) groups is 1. The average molecular weight is 448 g/mol. The first-order valence-electron chi connectivity index (χ1n) is 10.7. The quantitative estimate of drug-likeness (QED) is 0.389. The van der Waals surface area contributed by atoms with Crippen LogP contribution in [0.25, 0.3) is 0 Å². The molecule has 0 saturated heterocycles. The number of rotatable bonds is 7. The van der Waals surface area contributed by atoms with Gasteiger partial charge < -0.3 is 14.5 Å². The van der Waals surface area contributed by atoms with Gasteiger partial charge in [-0.05, 0) is 41.3 Å². The van der Waals surface area contributed by atoms with E-state index in [1.165, 1.54) is 17.8 Å². The number of nitrogens with one attached hydrogen (secondary N) is 1. The number of hydrogen-bond donors (Lipinski definition) is 1. The molecule has 4 aromatic rings. The Labute approximate surface area is 192 Å². The molecule has 7 heteroatoms. The van der Waals surface area contributed by atoms with Gasteiger partial charge in [0.15, 0.2) is 5.76 Å².